The van der Waals surface area contributed by atoms with Gasteiger partial charge in [-0.05, 0) is 39.2 Å². The number of rotatable bonds is 8. The fourth-order valence-electron chi connectivity index (χ4n) is 2.71. The van der Waals surface area contributed by atoms with Crippen molar-refractivity contribution in [3.05, 3.63) is 53.6 Å². The van der Waals surface area contributed by atoms with Crippen LogP contribution in [0.1, 0.15) is 12.0 Å². The molecule has 0 spiro atoms. The maximum Gasteiger partial charge on any atom is 0.229 e. The lowest BCUT2D eigenvalue weighted by Gasteiger charge is -2.22. The summed E-state index contributed by atoms with van der Waals surface area (Å²) in [5, 5.41) is 0.400. The minimum Gasteiger partial charge on any atom is -0.308 e. The quantitative estimate of drug-likeness (QED) is 0.413. The Hall–Kier alpha value is -1.74. The number of aryl methyl sites for hydroxylation is 1. The van der Waals surface area contributed by atoms with Crippen LogP contribution in [0.3, 0.4) is 0 Å². The van der Waals surface area contributed by atoms with Gasteiger partial charge >= 0.3 is 0 Å². The summed E-state index contributed by atoms with van der Waals surface area (Å²) in [6, 6.07) is 10.2. The molecule has 0 atom stereocenters. The first-order valence-electron chi connectivity index (χ1n) is 9.23. The van der Waals surface area contributed by atoms with Crippen LogP contribution in [0.2, 0.25) is 0 Å². The predicted molar refractivity (Wildman–Crippen MR) is 124 cm³/mol. The van der Waals surface area contributed by atoms with Crippen LogP contribution >= 0.6 is 35.5 Å². The highest BCUT2D eigenvalue weighted by molar-refractivity contribution is 7.99. The van der Waals surface area contributed by atoms with Crippen molar-refractivity contribution in [2.24, 2.45) is 0 Å². The maximum absolute atomic E-state index is 14.0. The average Bonchev–Trinajstić information content (AvgIpc) is 3.07. The fourth-order valence-corrected chi connectivity index (χ4v) is 4.60. The van der Waals surface area contributed by atoms with E-state index < -0.39 is 11.6 Å². The first-order valence-corrected chi connectivity index (χ1v) is 11.0. The lowest BCUT2D eigenvalue weighted by Crippen LogP contribution is -2.36. The van der Waals surface area contributed by atoms with E-state index >= 15 is 0 Å². The highest BCUT2D eigenvalue weighted by Gasteiger charge is 2.21. The number of aromatic nitrogens is 1. The van der Waals surface area contributed by atoms with E-state index in [0.717, 1.165) is 22.3 Å². The molecule has 0 aliphatic carbocycles. The Balaban J connectivity index is 0.00000320. The SMILES string of the molecule is Cc1ccc(SCCC(=O)N(CCN(C)C)c2nc3c(F)cc(F)cc3s2)cc1.Cl. The third-order valence-electron chi connectivity index (χ3n) is 4.31. The van der Waals surface area contributed by atoms with E-state index in [-0.39, 0.29) is 23.8 Å². The molecule has 1 aromatic heterocycles. The number of carbonyl (C=O) groups excluding carboxylic acids is 1. The van der Waals surface area contributed by atoms with Crippen molar-refractivity contribution in [3.8, 4) is 0 Å². The van der Waals surface area contributed by atoms with Gasteiger partial charge in [-0.2, -0.15) is 0 Å². The smallest absolute Gasteiger partial charge is 0.229 e. The van der Waals surface area contributed by atoms with Gasteiger partial charge in [0.1, 0.15) is 11.3 Å². The van der Waals surface area contributed by atoms with Crippen LogP contribution in [0.15, 0.2) is 41.3 Å². The molecule has 0 unspecified atom stereocenters. The van der Waals surface area contributed by atoms with Crippen molar-refractivity contribution in [1.82, 2.24) is 9.88 Å². The number of hydrogen-bond acceptors (Lipinski definition) is 5. The number of amides is 1. The molecule has 0 aliphatic rings. The molecule has 1 amide bonds. The third-order valence-corrected chi connectivity index (χ3v) is 6.35. The Bertz CT molecular complexity index is 996. The van der Waals surface area contributed by atoms with Gasteiger partial charge in [0.25, 0.3) is 0 Å². The highest BCUT2D eigenvalue weighted by Crippen LogP contribution is 2.31. The number of likely N-dealkylation sites (N-methyl/N-ethyl adjacent to an activating group) is 1. The topological polar surface area (TPSA) is 36.4 Å². The molecule has 0 radical (unpaired) electrons. The summed E-state index contributed by atoms with van der Waals surface area (Å²) < 4.78 is 28.0. The van der Waals surface area contributed by atoms with E-state index in [9.17, 15) is 13.6 Å². The van der Waals surface area contributed by atoms with Crippen molar-refractivity contribution >= 4 is 56.8 Å². The Kier molecular flexibility index (Phi) is 9.03. The normalized spacial score (nSPS) is 11.0. The van der Waals surface area contributed by atoms with E-state index in [2.05, 4.69) is 4.98 Å². The summed E-state index contributed by atoms with van der Waals surface area (Å²) in [6.07, 6.45) is 0.332. The molecule has 3 aromatic rings. The number of halogens is 3. The zero-order chi connectivity index (χ0) is 21.0. The van der Waals surface area contributed by atoms with Gasteiger partial charge in [0.2, 0.25) is 5.91 Å². The van der Waals surface area contributed by atoms with Crippen LogP contribution in [0.5, 0.6) is 0 Å². The summed E-state index contributed by atoms with van der Waals surface area (Å²) in [6.45, 7) is 3.11. The van der Waals surface area contributed by atoms with Gasteiger partial charge in [-0.15, -0.1) is 24.2 Å². The van der Waals surface area contributed by atoms with E-state index in [4.69, 9.17) is 0 Å². The van der Waals surface area contributed by atoms with Gasteiger partial charge in [-0.1, -0.05) is 29.0 Å². The van der Waals surface area contributed by atoms with Gasteiger partial charge < -0.3 is 4.90 Å². The van der Waals surface area contributed by atoms with Crippen molar-refractivity contribution in [3.63, 3.8) is 0 Å². The number of nitrogens with zero attached hydrogens (tertiary/aromatic N) is 3. The van der Waals surface area contributed by atoms with Gasteiger partial charge in [-0.3, -0.25) is 9.69 Å². The molecular weight excluding hydrogens is 448 g/mol. The van der Waals surface area contributed by atoms with E-state index in [1.807, 2.05) is 50.2 Å². The van der Waals surface area contributed by atoms with Gasteiger partial charge in [0.05, 0.1) is 4.70 Å². The molecule has 3 rings (SSSR count). The molecule has 2 aromatic carbocycles. The monoisotopic (exact) mass is 471 g/mol. The Morgan fingerprint density at radius 1 is 1.13 bits per heavy atom. The molecule has 1 heterocycles. The van der Waals surface area contributed by atoms with Crippen LogP contribution in [0.25, 0.3) is 10.2 Å². The number of anilines is 1. The molecular formula is C21H24ClF2N3OS2. The van der Waals surface area contributed by atoms with E-state index in [1.54, 1.807) is 16.7 Å². The van der Waals surface area contributed by atoms with Gasteiger partial charge in [-0.25, -0.2) is 13.8 Å². The summed E-state index contributed by atoms with van der Waals surface area (Å²) in [5.74, 6) is -0.802. The first-order chi connectivity index (χ1) is 13.8. The molecule has 4 nitrogen and oxygen atoms in total. The van der Waals surface area contributed by atoms with Gasteiger partial charge in [0.15, 0.2) is 10.9 Å². The van der Waals surface area contributed by atoms with E-state index in [0.29, 0.717) is 35.1 Å². The fraction of sp³-hybridized carbons (Fsp3) is 0.333. The standard InChI is InChI=1S/C21H23F2N3OS2.ClH/c1-14-4-6-16(7-5-14)28-11-8-19(27)26(10-9-25(2)3)21-24-20-17(23)12-15(22)13-18(20)29-21;/h4-7,12-13H,8-11H2,1-3H3;1H. The van der Waals surface area contributed by atoms with Crippen LogP contribution in [0.4, 0.5) is 13.9 Å². The predicted octanol–water partition coefficient (Wildman–Crippen LogP) is 5.38. The number of benzene rings is 2. The lowest BCUT2D eigenvalue weighted by atomic mass is 10.2. The van der Waals surface area contributed by atoms with Crippen molar-refractivity contribution in [1.29, 1.82) is 0 Å². The second-order valence-electron chi connectivity index (χ2n) is 6.99. The van der Waals surface area contributed by atoms with E-state index in [1.165, 1.54) is 11.6 Å². The summed E-state index contributed by atoms with van der Waals surface area (Å²) >= 11 is 2.75. The number of carbonyl (C=O) groups is 1. The Morgan fingerprint density at radius 2 is 1.83 bits per heavy atom. The van der Waals surface area contributed by atoms with Crippen molar-refractivity contribution in [2.75, 3.05) is 37.8 Å². The number of thioether (sulfide) groups is 1. The molecule has 30 heavy (non-hydrogen) atoms. The van der Waals surface area contributed by atoms with Crippen molar-refractivity contribution in [2.45, 2.75) is 18.2 Å². The molecule has 0 N–H and O–H groups in total. The number of fused-ring (bicyclic) bond motifs is 1. The molecule has 0 fully saturated rings. The summed E-state index contributed by atoms with van der Waals surface area (Å²) in [7, 11) is 3.84. The minimum atomic E-state index is -0.711. The summed E-state index contributed by atoms with van der Waals surface area (Å²) in [4.78, 5) is 21.9. The molecule has 162 valence electrons. The zero-order valence-electron chi connectivity index (χ0n) is 17.0. The highest BCUT2D eigenvalue weighted by atomic mass is 35.5. The second kappa shape index (κ2) is 11.0. The molecule has 0 saturated carbocycles. The second-order valence-corrected chi connectivity index (χ2v) is 9.17. The molecule has 9 heteroatoms. The average molecular weight is 472 g/mol. The molecule has 0 bridgehead atoms. The Labute approximate surface area is 189 Å². The lowest BCUT2D eigenvalue weighted by molar-refractivity contribution is -0.118. The van der Waals surface area contributed by atoms with Crippen LogP contribution in [-0.2, 0) is 4.79 Å². The maximum atomic E-state index is 14.0. The largest absolute Gasteiger partial charge is 0.308 e. The number of hydrogen-bond donors (Lipinski definition) is 0. The third kappa shape index (κ3) is 6.38. The molecule has 0 aliphatic heterocycles. The summed E-state index contributed by atoms with van der Waals surface area (Å²) in [5.41, 5.74) is 1.29. The van der Waals surface area contributed by atoms with Crippen LogP contribution in [-0.4, -0.2) is 48.7 Å². The Morgan fingerprint density at radius 3 is 2.50 bits per heavy atom. The first kappa shape index (κ1) is 24.5. The van der Waals surface area contributed by atoms with Gasteiger partial charge in [0, 0.05) is 36.2 Å². The van der Waals surface area contributed by atoms with Crippen molar-refractivity contribution < 1.29 is 13.6 Å². The van der Waals surface area contributed by atoms with Crippen LogP contribution in [0, 0.1) is 18.6 Å². The number of thiazole rings is 1. The minimum absolute atomic E-state index is 0. The molecule has 0 saturated heterocycles. The zero-order valence-corrected chi connectivity index (χ0v) is 19.5. The van der Waals surface area contributed by atoms with Crippen LogP contribution < -0.4 is 4.90 Å².